The molecule has 3 N–H and O–H groups in total. The van der Waals surface area contributed by atoms with Gasteiger partial charge in [0.05, 0.1) is 11.0 Å². The highest BCUT2D eigenvalue weighted by Gasteiger charge is 2.29. The molecule has 0 aromatic heterocycles. The molecule has 0 bridgehead atoms. The lowest BCUT2D eigenvalue weighted by Gasteiger charge is -2.28. The van der Waals surface area contributed by atoms with E-state index in [1.807, 2.05) is 74.5 Å². The predicted octanol–water partition coefficient (Wildman–Crippen LogP) is 3.84. The number of benzene rings is 3. The second kappa shape index (κ2) is 12.1. The van der Waals surface area contributed by atoms with Crippen LogP contribution in [0.5, 0.6) is 5.75 Å². The smallest absolute Gasteiger partial charge is 0.243 e. The molecule has 0 saturated heterocycles. The summed E-state index contributed by atoms with van der Waals surface area (Å²) in [4.78, 5) is 0.157. The van der Waals surface area contributed by atoms with Crippen LogP contribution in [0.1, 0.15) is 25.0 Å². The van der Waals surface area contributed by atoms with E-state index in [1.165, 1.54) is 4.31 Å². The first kappa shape index (κ1) is 25.9. The van der Waals surface area contributed by atoms with Gasteiger partial charge in [0.2, 0.25) is 10.0 Å². The number of nitrogens with zero attached hydrogens (tertiary/aromatic N) is 1. The minimum atomic E-state index is -3.82. The molecular weight excluding hydrogens is 448 g/mol. The second-order valence-electron chi connectivity index (χ2n) is 8.88. The summed E-state index contributed by atoms with van der Waals surface area (Å²) in [5.74, 6) is 0.670. The Labute approximate surface area is 203 Å². The number of ether oxygens (including phenoxy) is 1. The van der Waals surface area contributed by atoms with Gasteiger partial charge in [-0.2, -0.15) is 4.31 Å². The first-order valence-electron chi connectivity index (χ1n) is 11.5. The first-order chi connectivity index (χ1) is 16.3. The van der Waals surface area contributed by atoms with Gasteiger partial charge < -0.3 is 15.6 Å². The van der Waals surface area contributed by atoms with Crippen LogP contribution in [0.3, 0.4) is 0 Å². The van der Waals surface area contributed by atoms with Crippen molar-refractivity contribution in [2.24, 2.45) is 11.7 Å². The highest BCUT2D eigenvalue weighted by Crippen LogP contribution is 2.22. The summed E-state index contributed by atoms with van der Waals surface area (Å²) in [5, 5.41) is 10.7. The van der Waals surface area contributed by atoms with Gasteiger partial charge in [0, 0.05) is 19.1 Å². The summed E-state index contributed by atoms with van der Waals surface area (Å²) < 4.78 is 33.9. The molecule has 0 amide bonds. The van der Waals surface area contributed by atoms with Gasteiger partial charge in [0.1, 0.15) is 12.4 Å². The minimum absolute atomic E-state index is 0.0687. The van der Waals surface area contributed by atoms with Crippen LogP contribution < -0.4 is 10.5 Å². The van der Waals surface area contributed by atoms with E-state index in [4.69, 9.17) is 10.5 Å². The Hall–Kier alpha value is -2.71. The van der Waals surface area contributed by atoms with Crippen LogP contribution >= 0.6 is 0 Å². The highest BCUT2D eigenvalue weighted by molar-refractivity contribution is 7.89. The van der Waals surface area contributed by atoms with Gasteiger partial charge in [0.15, 0.2) is 0 Å². The Bertz CT molecular complexity index is 1100. The summed E-state index contributed by atoms with van der Waals surface area (Å²) in [5.41, 5.74) is 8.25. The van der Waals surface area contributed by atoms with E-state index >= 15 is 0 Å². The Morgan fingerprint density at radius 3 is 1.97 bits per heavy atom. The number of sulfonamides is 1. The Morgan fingerprint density at radius 2 is 1.41 bits per heavy atom. The zero-order chi connectivity index (χ0) is 24.6. The van der Waals surface area contributed by atoms with Crippen molar-refractivity contribution < 1.29 is 18.3 Å². The number of nitrogens with two attached hydrogens (primary N) is 1. The van der Waals surface area contributed by atoms with E-state index < -0.39 is 22.2 Å². The van der Waals surface area contributed by atoms with Gasteiger partial charge in [-0.05, 0) is 47.7 Å². The zero-order valence-corrected chi connectivity index (χ0v) is 20.6. The molecule has 182 valence electrons. The van der Waals surface area contributed by atoms with Crippen molar-refractivity contribution in [2.75, 3.05) is 13.1 Å². The number of rotatable bonds is 12. The van der Waals surface area contributed by atoms with Crippen LogP contribution in [0.25, 0.3) is 0 Å². The van der Waals surface area contributed by atoms with Crippen molar-refractivity contribution >= 4 is 10.0 Å². The second-order valence-corrected chi connectivity index (χ2v) is 10.8. The van der Waals surface area contributed by atoms with Gasteiger partial charge in [-0.1, -0.05) is 74.5 Å². The summed E-state index contributed by atoms with van der Waals surface area (Å²) in [7, 11) is -3.82. The molecular formula is C27H34N2O4S. The predicted molar refractivity (Wildman–Crippen MR) is 135 cm³/mol. The summed E-state index contributed by atoms with van der Waals surface area (Å²) in [6, 6.07) is 25.2. The molecule has 7 heteroatoms. The van der Waals surface area contributed by atoms with E-state index in [0.717, 1.165) is 11.1 Å². The molecule has 0 aliphatic heterocycles. The lowest BCUT2D eigenvalue weighted by molar-refractivity contribution is 0.116. The molecule has 3 aromatic carbocycles. The fourth-order valence-electron chi connectivity index (χ4n) is 3.64. The molecule has 0 aliphatic rings. The maximum absolute atomic E-state index is 13.4. The number of aliphatic hydroxyl groups is 1. The third kappa shape index (κ3) is 7.40. The minimum Gasteiger partial charge on any atom is -0.489 e. The lowest BCUT2D eigenvalue weighted by atomic mass is 10.0. The Balaban J connectivity index is 1.69. The van der Waals surface area contributed by atoms with E-state index in [9.17, 15) is 13.5 Å². The Morgan fingerprint density at radius 1 is 0.853 bits per heavy atom. The van der Waals surface area contributed by atoms with E-state index in [2.05, 4.69) is 0 Å². The van der Waals surface area contributed by atoms with Gasteiger partial charge >= 0.3 is 0 Å². The molecule has 3 aromatic rings. The zero-order valence-electron chi connectivity index (χ0n) is 19.7. The van der Waals surface area contributed by atoms with Gasteiger partial charge in [-0.15, -0.1) is 0 Å². The maximum atomic E-state index is 13.4. The van der Waals surface area contributed by atoms with Gasteiger partial charge in [-0.3, -0.25) is 0 Å². The standard InChI is InChI=1S/C27H34N2O4S/c1-21(2)18-29(19-27(30)26(28)17-22-9-5-3-6-10-22)34(31,32)25-15-13-24(14-16-25)33-20-23-11-7-4-8-12-23/h3-16,21,26-27,30H,17-20,28H2,1-2H3/t26-,27+/m0/s1. The monoisotopic (exact) mass is 482 g/mol. The maximum Gasteiger partial charge on any atom is 0.243 e. The summed E-state index contributed by atoms with van der Waals surface area (Å²) >= 11 is 0. The SMILES string of the molecule is CC(C)CN(C[C@@H](O)[C@@H](N)Cc1ccccc1)S(=O)(=O)c1ccc(OCc2ccccc2)cc1. The molecule has 0 fully saturated rings. The van der Waals surface area contributed by atoms with Gasteiger partial charge in [0.25, 0.3) is 0 Å². The summed E-state index contributed by atoms with van der Waals surface area (Å²) in [6.45, 7) is 4.50. The van der Waals surface area contributed by atoms with Gasteiger partial charge in [-0.25, -0.2) is 8.42 Å². The third-order valence-electron chi connectivity index (χ3n) is 5.48. The van der Waals surface area contributed by atoms with Crippen molar-refractivity contribution in [1.82, 2.24) is 4.31 Å². The average molecular weight is 483 g/mol. The molecule has 0 saturated carbocycles. The largest absolute Gasteiger partial charge is 0.489 e. The summed E-state index contributed by atoms with van der Waals surface area (Å²) in [6.07, 6.45) is -0.535. The fraction of sp³-hybridized carbons (Fsp3) is 0.333. The fourth-order valence-corrected chi connectivity index (χ4v) is 5.26. The van der Waals surface area contributed by atoms with Crippen molar-refractivity contribution in [3.63, 3.8) is 0 Å². The van der Waals surface area contributed by atoms with E-state index in [0.29, 0.717) is 18.8 Å². The average Bonchev–Trinajstić information content (AvgIpc) is 2.83. The normalized spacial score (nSPS) is 13.7. The molecule has 3 rings (SSSR count). The van der Waals surface area contributed by atoms with Crippen LogP contribution in [-0.2, 0) is 23.1 Å². The number of hydrogen-bond acceptors (Lipinski definition) is 5. The Kier molecular flexibility index (Phi) is 9.24. The van der Waals surface area contributed by atoms with Crippen LogP contribution in [0.15, 0.2) is 89.8 Å². The molecule has 34 heavy (non-hydrogen) atoms. The third-order valence-corrected chi connectivity index (χ3v) is 7.32. The molecule has 2 atom stereocenters. The molecule has 6 nitrogen and oxygen atoms in total. The van der Waals surface area contributed by atoms with Crippen LogP contribution in [0.2, 0.25) is 0 Å². The molecule has 0 unspecified atom stereocenters. The topological polar surface area (TPSA) is 92.9 Å². The number of aliphatic hydroxyl groups excluding tert-OH is 1. The molecule has 0 radical (unpaired) electrons. The van der Waals surface area contributed by atoms with Crippen molar-refractivity contribution in [3.8, 4) is 5.75 Å². The molecule has 0 aliphatic carbocycles. The van der Waals surface area contributed by atoms with Crippen LogP contribution in [0.4, 0.5) is 0 Å². The first-order valence-corrected chi connectivity index (χ1v) is 12.9. The quantitative estimate of drug-likeness (QED) is 0.409. The molecule has 0 spiro atoms. The van der Waals surface area contributed by atoms with E-state index in [-0.39, 0.29) is 23.9 Å². The number of hydrogen-bond donors (Lipinski definition) is 2. The molecule has 0 heterocycles. The van der Waals surface area contributed by atoms with Crippen LogP contribution in [-0.4, -0.2) is 43.1 Å². The van der Waals surface area contributed by atoms with Crippen molar-refractivity contribution in [2.45, 2.75) is 43.9 Å². The van der Waals surface area contributed by atoms with E-state index in [1.54, 1.807) is 24.3 Å². The lowest BCUT2D eigenvalue weighted by Crippen LogP contribution is -2.47. The highest BCUT2D eigenvalue weighted by atomic mass is 32.2. The van der Waals surface area contributed by atoms with Crippen molar-refractivity contribution in [1.29, 1.82) is 0 Å². The van der Waals surface area contributed by atoms with Crippen LogP contribution in [0, 0.1) is 5.92 Å². The van der Waals surface area contributed by atoms with Crippen molar-refractivity contribution in [3.05, 3.63) is 96.1 Å².